The zero-order valence-electron chi connectivity index (χ0n) is 36.8. The zero-order valence-corrected chi connectivity index (χ0v) is 36.8. The Labute approximate surface area is 353 Å². The van der Waals surface area contributed by atoms with E-state index in [1.54, 1.807) is 6.07 Å². The van der Waals surface area contributed by atoms with Gasteiger partial charge in [0.15, 0.2) is 0 Å². The molecule has 14 heteroatoms. The van der Waals surface area contributed by atoms with Crippen LogP contribution in [0.2, 0.25) is 0 Å². The van der Waals surface area contributed by atoms with Crippen molar-refractivity contribution in [3.63, 3.8) is 0 Å². The van der Waals surface area contributed by atoms with E-state index in [2.05, 4.69) is 66.0 Å². The van der Waals surface area contributed by atoms with Crippen molar-refractivity contribution in [3.05, 3.63) is 34.8 Å². The quantitative estimate of drug-likeness (QED) is 0.0745. The average Bonchev–Trinajstić information content (AvgIpc) is 3.65. The molecule has 4 aliphatic rings. The molecule has 10 N–H and O–H groups in total. The van der Waals surface area contributed by atoms with E-state index < -0.39 is 20.1 Å². The van der Waals surface area contributed by atoms with Gasteiger partial charge in [-0.1, -0.05) is 68.2 Å². The second-order valence-electron chi connectivity index (χ2n) is 21.0. The minimum Gasteiger partial charge on any atom is -0.461 e. The molecule has 7 atom stereocenters. The summed E-state index contributed by atoms with van der Waals surface area (Å²) in [5, 5.41) is 50.6. The normalized spacial score (nSPS) is 29.4. The summed E-state index contributed by atoms with van der Waals surface area (Å²) in [6.07, 6.45) is 8.83. The van der Waals surface area contributed by atoms with Gasteiger partial charge in [0.25, 0.3) is 0 Å². The smallest absolute Gasteiger partial charge is 0.461 e. The molecule has 0 spiro atoms. The molecule has 322 valence electrons. The summed E-state index contributed by atoms with van der Waals surface area (Å²) < 4.78 is 13.4. The van der Waals surface area contributed by atoms with Gasteiger partial charge in [0.05, 0.1) is 33.7 Å². The van der Waals surface area contributed by atoms with Crippen LogP contribution in [0.25, 0.3) is 21.9 Å². The number of hydrogen-bond donors (Lipinski definition) is 8. The van der Waals surface area contributed by atoms with E-state index in [0.717, 1.165) is 85.4 Å². The molecule has 12 nitrogen and oxygen atoms in total. The van der Waals surface area contributed by atoms with Gasteiger partial charge in [0, 0.05) is 47.1 Å². The summed E-state index contributed by atoms with van der Waals surface area (Å²) in [6.45, 7) is 19.5. The minimum atomic E-state index is -2.01. The van der Waals surface area contributed by atoms with Gasteiger partial charge in [-0.25, -0.2) is 0 Å². The van der Waals surface area contributed by atoms with Gasteiger partial charge >= 0.3 is 14.2 Å². The van der Waals surface area contributed by atoms with Crippen molar-refractivity contribution in [2.24, 2.45) is 28.6 Å². The van der Waals surface area contributed by atoms with Crippen molar-refractivity contribution in [1.82, 2.24) is 0 Å². The summed E-state index contributed by atoms with van der Waals surface area (Å²) in [6, 6.07) is 3.67. The third-order valence-corrected chi connectivity index (χ3v) is 16.3. The van der Waals surface area contributed by atoms with E-state index in [-0.39, 0.29) is 91.3 Å². The van der Waals surface area contributed by atoms with Gasteiger partial charge in [0.1, 0.15) is 22.7 Å². The lowest BCUT2D eigenvalue weighted by atomic mass is 9.53. The summed E-state index contributed by atoms with van der Waals surface area (Å²) in [7, 11) is -3.91. The molecular weight excluding hydrogens is 758 g/mol. The number of benzene rings is 2. The van der Waals surface area contributed by atoms with Crippen LogP contribution in [-0.2, 0) is 20.4 Å². The molecule has 0 radical (unpaired) electrons. The van der Waals surface area contributed by atoms with E-state index in [0.29, 0.717) is 22.8 Å². The number of anilines is 4. The largest absolute Gasteiger partial charge is 0.494 e. The van der Waals surface area contributed by atoms with Gasteiger partial charge in [-0.2, -0.15) is 0 Å². The SMILES string of the molecule is CC(=O)Nc1c(NC(=O)CC2C[C@@H]3C(C)(C)CCC[C@@]3(C)c3c(oc4c(B(O)O)c(N)c(N)cc34)C2C)cc2c3c(oc2c1B(O)O)C(C)CC[C@@H]1C(C)(C)CCC[C@@]31C. The van der Waals surface area contributed by atoms with E-state index in [9.17, 15) is 29.7 Å². The molecule has 2 aromatic heterocycles. The molecule has 4 aliphatic carbocycles. The van der Waals surface area contributed by atoms with Gasteiger partial charge in [0.2, 0.25) is 11.8 Å². The highest BCUT2D eigenvalue weighted by atomic mass is 16.4. The Balaban J connectivity index is 1.25. The van der Waals surface area contributed by atoms with Crippen molar-refractivity contribution in [2.45, 2.75) is 149 Å². The van der Waals surface area contributed by atoms with Crippen LogP contribution in [-0.4, -0.2) is 46.1 Å². The number of rotatable bonds is 6. The molecule has 8 rings (SSSR count). The first kappa shape index (κ1) is 42.7. The number of amides is 2. The molecule has 2 aromatic carbocycles. The molecule has 2 fully saturated rings. The Bertz CT molecular complexity index is 2400. The first-order valence-electron chi connectivity index (χ1n) is 22.1. The fourth-order valence-electron chi connectivity index (χ4n) is 13.4. The Hall–Kier alpha value is -3.97. The number of nitrogens with one attached hydrogen (secondary N) is 2. The molecule has 0 bridgehead atoms. The summed E-state index contributed by atoms with van der Waals surface area (Å²) in [5.74, 6) is 0.879. The monoisotopic (exact) mass is 822 g/mol. The second-order valence-corrected chi connectivity index (χ2v) is 21.0. The average molecular weight is 823 g/mol. The fraction of sp³-hybridized carbons (Fsp3) is 0.609. The Morgan fingerprint density at radius 2 is 1.32 bits per heavy atom. The highest BCUT2D eigenvalue weighted by Crippen LogP contribution is 2.62. The van der Waals surface area contributed by atoms with Crippen molar-refractivity contribution < 1.29 is 38.5 Å². The highest BCUT2D eigenvalue weighted by molar-refractivity contribution is 6.65. The molecule has 2 heterocycles. The van der Waals surface area contributed by atoms with Crippen LogP contribution >= 0.6 is 0 Å². The van der Waals surface area contributed by atoms with Crippen LogP contribution in [0.3, 0.4) is 0 Å². The van der Waals surface area contributed by atoms with Gasteiger partial charge < -0.3 is 51.0 Å². The molecule has 0 saturated heterocycles. The van der Waals surface area contributed by atoms with E-state index in [1.165, 1.54) is 6.92 Å². The predicted octanol–water partition coefficient (Wildman–Crippen LogP) is 6.88. The van der Waals surface area contributed by atoms with E-state index in [4.69, 9.17) is 20.3 Å². The topological polar surface area (TPSA) is 217 Å². The molecule has 2 amide bonds. The lowest BCUT2D eigenvalue weighted by Crippen LogP contribution is -2.45. The Morgan fingerprint density at radius 3 is 1.93 bits per heavy atom. The van der Waals surface area contributed by atoms with Crippen molar-refractivity contribution in [2.75, 3.05) is 22.1 Å². The summed E-state index contributed by atoms with van der Waals surface area (Å²) in [4.78, 5) is 27.5. The van der Waals surface area contributed by atoms with Gasteiger partial charge in [-0.05, 0) is 96.5 Å². The maximum Gasteiger partial charge on any atom is 0.494 e. The first-order valence-corrected chi connectivity index (χ1v) is 22.1. The number of carbonyl (C=O) groups excluding carboxylic acids is 2. The van der Waals surface area contributed by atoms with Crippen LogP contribution in [0, 0.1) is 28.6 Å². The van der Waals surface area contributed by atoms with Crippen molar-refractivity contribution in [3.8, 4) is 0 Å². The van der Waals surface area contributed by atoms with Crippen LogP contribution in [0.1, 0.15) is 161 Å². The minimum absolute atomic E-state index is 0.0170. The van der Waals surface area contributed by atoms with Crippen LogP contribution in [0.5, 0.6) is 0 Å². The van der Waals surface area contributed by atoms with E-state index >= 15 is 0 Å². The number of nitrogens with two attached hydrogens (primary N) is 2. The third kappa shape index (κ3) is 6.49. The standard InChI is InChI=1S/C46H64B2N4O8/c1-22-12-13-30-43(4,5)14-10-16-45(30,8)33-27-21-29(38(51-24(3)53)36(48(57)58)42(27)59-39(22)33)52-32(54)19-25-18-31-44(6,7)15-11-17-46(31,9)34-26-20-28(49)37(50)35(47(55)56)41(26)60-40(34)23(25)2/h20-23,25,30-31,55-58H,10-19,49-50H2,1-9H3,(H,51,53)(H,52,54)/t22?,23?,25?,30-,31-,45-,46-/m1/s1. The van der Waals surface area contributed by atoms with Gasteiger partial charge in [-0.15, -0.1) is 0 Å². The van der Waals surface area contributed by atoms with E-state index in [1.807, 2.05) is 6.07 Å². The predicted molar refractivity (Wildman–Crippen MR) is 240 cm³/mol. The van der Waals surface area contributed by atoms with Crippen LogP contribution in [0.4, 0.5) is 22.7 Å². The Morgan fingerprint density at radius 1 is 0.767 bits per heavy atom. The summed E-state index contributed by atoms with van der Waals surface area (Å²) >= 11 is 0. The number of fused-ring (bicyclic) bond motifs is 10. The lowest BCUT2D eigenvalue weighted by Gasteiger charge is -2.51. The number of hydrogen-bond acceptors (Lipinski definition) is 10. The number of carbonyl (C=O) groups is 2. The van der Waals surface area contributed by atoms with Crippen LogP contribution in [0.15, 0.2) is 21.0 Å². The molecule has 60 heavy (non-hydrogen) atoms. The maximum absolute atomic E-state index is 14.7. The molecule has 3 unspecified atom stereocenters. The lowest BCUT2D eigenvalue weighted by molar-refractivity contribution is -0.117. The first-order chi connectivity index (χ1) is 28.0. The fourth-order valence-corrected chi connectivity index (χ4v) is 13.4. The van der Waals surface area contributed by atoms with Crippen molar-refractivity contribution >= 4 is 81.7 Å². The van der Waals surface area contributed by atoms with Crippen LogP contribution < -0.4 is 33.0 Å². The zero-order chi connectivity index (χ0) is 43.6. The maximum atomic E-state index is 14.7. The highest BCUT2D eigenvalue weighted by Gasteiger charge is 2.55. The third-order valence-electron chi connectivity index (χ3n) is 16.3. The molecular formula is C46H64B2N4O8. The van der Waals surface area contributed by atoms with Crippen molar-refractivity contribution in [1.29, 1.82) is 0 Å². The molecule has 2 saturated carbocycles. The Kier molecular flexibility index (Phi) is 10.4. The summed E-state index contributed by atoms with van der Waals surface area (Å²) in [5.41, 5.74) is 15.5. The number of nitrogen functional groups attached to an aromatic ring is 2. The van der Waals surface area contributed by atoms with Gasteiger partial charge in [-0.3, -0.25) is 9.59 Å². The molecule has 4 aromatic rings. The molecule has 0 aliphatic heterocycles. The second kappa shape index (κ2) is 14.6. The number of furan rings is 2.